The molecule has 1 aromatic carbocycles. The van der Waals surface area contributed by atoms with Gasteiger partial charge in [-0.25, -0.2) is 26.2 Å². The van der Waals surface area contributed by atoms with E-state index in [2.05, 4.69) is 16.0 Å². The first-order valence-electron chi connectivity index (χ1n) is 11.4. The third kappa shape index (κ3) is 5.66. The summed E-state index contributed by atoms with van der Waals surface area (Å²) in [6.45, 7) is 12.1. The number of alkyl halides is 4. The molecular formula is C25H31F4N3O3S. The number of pyridine rings is 1. The van der Waals surface area contributed by atoms with Crippen LogP contribution in [0, 0.1) is 0 Å². The predicted octanol–water partition coefficient (Wildman–Crippen LogP) is 6.17. The molecule has 0 saturated heterocycles. The lowest BCUT2D eigenvalue weighted by Crippen LogP contribution is -2.33. The summed E-state index contributed by atoms with van der Waals surface area (Å²) in [6.07, 6.45) is -3.91. The van der Waals surface area contributed by atoms with Crippen LogP contribution in [0.2, 0.25) is 0 Å². The summed E-state index contributed by atoms with van der Waals surface area (Å²) in [5.74, 6) is -4.97. The Labute approximate surface area is 208 Å². The zero-order valence-corrected chi connectivity index (χ0v) is 22.2. The molecule has 0 N–H and O–H groups in total. The first kappa shape index (κ1) is 27.9. The average molecular weight is 530 g/mol. The Hall–Kier alpha value is -2.69. The maximum Gasteiger partial charge on any atom is 0.340 e. The van der Waals surface area contributed by atoms with Gasteiger partial charge in [-0.2, -0.15) is 13.8 Å². The van der Waals surface area contributed by atoms with Crippen molar-refractivity contribution in [2.75, 3.05) is 12.4 Å². The van der Waals surface area contributed by atoms with Gasteiger partial charge in [0.25, 0.3) is 0 Å². The zero-order chi connectivity index (χ0) is 27.3. The summed E-state index contributed by atoms with van der Waals surface area (Å²) in [5, 5.41) is 0. The summed E-state index contributed by atoms with van der Waals surface area (Å²) < 4.78 is 83.8. The van der Waals surface area contributed by atoms with Crippen LogP contribution in [0.5, 0.6) is 5.88 Å². The SMILES string of the molecule is CCS(=O)(=O)n1c(-c2cc(C(C)(C)C)cc(C(C)(C)C)c2)nc2ccc(OCC(F)(F)C(F)F)nc21. The Morgan fingerprint density at radius 3 is 1.97 bits per heavy atom. The number of aromatic nitrogens is 3. The van der Waals surface area contributed by atoms with Crippen molar-refractivity contribution in [1.82, 2.24) is 13.9 Å². The molecule has 0 atom stereocenters. The van der Waals surface area contributed by atoms with Gasteiger partial charge in [0.05, 0.1) is 5.75 Å². The molecule has 11 heteroatoms. The molecular weight excluding hydrogens is 498 g/mol. The molecule has 0 saturated carbocycles. The van der Waals surface area contributed by atoms with Gasteiger partial charge in [0.2, 0.25) is 15.9 Å². The van der Waals surface area contributed by atoms with Gasteiger partial charge in [-0.3, -0.25) is 0 Å². The Bertz CT molecular complexity index is 1340. The van der Waals surface area contributed by atoms with E-state index in [-0.39, 0.29) is 33.6 Å². The molecule has 0 aliphatic heterocycles. The van der Waals surface area contributed by atoms with Crippen LogP contribution in [0.25, 0.3) is 22.6 Å². The predicted molar refractivity (Wildman–Crippen MR) is 132 cm³/mol. The minimum absolute atomic E-state index is 0.117. The standard InChI is InChI=1S/C25H31F4N3O3S/c1-8-36(33,34)32-20(15-11-16(23(2,3)4)13-17(12-15)24(5,6)7)30-18-9-10-19(31-21(18)32)35-14-25(28,29)22(26)27/h9-13,22H,8,14H2,1-7H3. The highest BCUT2D eigenvalue weighted by molar-refractivity contribution is 7.90. The molecule has 0 spiro atoms. The van der Waals surface area contributed by atoms with E-state index in [0.29, 0.717) is 5.56 Å². The number of ether oxygens (including phenoxy) is 1. The van der Waals surface area contributed by atoms with E-state index in [4.69, 9.17) is 4.74 Å². The van der Waals surface area contributed by atoms with E-state index < -0.39 is 34.9 Å². The molecule has 0 bridgehead atoms. The second-order valence-corrected chi connectivity index (χ2v) is 12.8. The van der Waals surface area contributed by atoms with Crippen molar-refractivity contribution in [2.24, 2.45) is 0 Å². The fraction of sp³-hybridized carbons (Fsp3) is 0.520. The summed E-state index contributed by atoms with van der Waals surface area (Å²) in [7, 11) is -3.96. The molecule has 3 rings (SSSR count). The van der Waals surface area contributed by atoms with E-state index in [1.54, 1.807) is 0 Å². The lowest BCUT2D eigenvalue weighted by Gasteiger charge is -2.26. The van der Waals surface area contributed by atoms with E-state index >= 15 is 0 Å². The number of benzene rings is 1. The number of nitrogens with zero attached hydrogens (tertiary/aromatic N) is 3. The Kier molecular flexibility index (Phi) is 7.22. The molecule has 0 aliphatic carbocycles. The van der Waals surface area contributed by atoms with Gasteiger partial charge in [-0.15, -0.1) is 0 Å². The van der Waals surface area contributed by atoms with E-state index in [1.807, 2.05) is 53.7 Å². The quantitative estimate of drug-likeness (QED) is 0.342. The average Bonchev–Trinajstić information content (AvgIpc) is 3.16. The Morgan fingerprint density at radius 2 is 1.50 bits per heavy atom. The van der Waals surface area contributed by atoms with Crippen molar-refractivity contribution >= 4 is 21.2 Å². The van der Waals surface area contributed by atoms with Gasteiger partial charge in [0.1, 0.15) is 5.52 Å². The van der Waals surface area contributed by atoms with Crippen molar-refractivity contribution in [1.29, 1.82) is 0 Å². The molecule has 6 nitrogen and oxygen atoms in total. The van der Waals surface area contributed by atoms with Crippen molar-refractivity contribution in [3.63, 3.8) is 0 Å². The van der Waals surface area contributed by atoms with Crippen LogP contribution in [0.15, 0.2) is 30.3 Å². The first-order valence-corrected chi connectivity index (χ1v) is 13.1. The topological polar surface area (TPSA) is 74.1 Å². The minimum atomic E-state index is -4.38. The third-order valence-electron chi connectivity index (χ3n) is 5.74. The highest BCUT2D eigenvalue weighted by Gasteiger charge is 2.42. The van der Waals surface area contributed by atoms with Crippen molar-refractivity contribution < 1.29 is 30.7 Å². The monoisotopic (exact) mass is 529 g/mol. The van der Waals surface area contributed by atoms with Gasteiger partial charge in [-0.05, 0) is 47.1 Å². The van der Waals surface area contributed by atoms with Crippen LogP contribution >= 0.6 is 0 Å². The summed E-state index contributed by atoms with van der Waals surface area (Å²) in [4.78, 5) is 8.58. The van der Waals surface area contributed by atoms with Crippen LogP contribution in [0.4, 0.5) is 17.6 Å². The number of halogens is 4. The summed E-state index contributed by atoms with van der Waals surface area (Å²) >= 11 is 0. The fourth-order valence-electron chi connectivity index (χ4n) is 3.43. The van der Waals surface area contributed by atoms with Crippen LogP contribution in [-0.4, -0.2) is 47.1 Å². The molecule has 36 heavy (non-hydrogen) atoms. The molecule has 198 valence electrons. The number of rotatable bonds is 7. The van der Waals surface area contributed by atoms with E-state index in [1.165, 1.54) is 19.1 Å². The van der Waals surface area contributed by atoms with Crippen molar-refractivity contribution in [3.8, 4) is 17.3 Å². The minimum Gasteiger partial charge on any atom is -0.471 e. The van der Waals surface area contributed by atoms with Gasteiger partial charge in [0.15, 0.2) is 18.1 Å². The maximum absolute atomic E-state index is 13.3. The molecule has 0 unspecified atom stereocenters. The molecule has 0 amide bonds. The highest BCUT2D eigenvalue weighted by Crippen LogP contribution is 2.35. The lowest BCUT2D eigenvalue weighted by molar-refractivity contribution is -0.148. The normalized spacial score (nSPS) is 13.6. The maximum atomic E-state index is 13.3. The molecule has 0 aliphatic rings. The van der Waals surface area contributed by atoms with Crippen LogP contribution in [-0.2, 0) is 20.9 Å². The lowest BCUT2D eigenvalue weighted by atomic mass is 9.79. The second-order valence-electron chi connectivity index (χ2n) is 10.7. The fourth-order valence-corrected chi connectivity index (χ4v) is 4.50. The van der Waals surface area contributed by atoms with Crippen LogP contribution < -0.4 is 4.74 Å². The van der Waals surface area contributed by atoms with Crippen LogP contribution in [0.1, 0.15) is 59.6 Å². The highest BCUT2D eigenvalue weighted by atomic mass is 32.2. The van der Waals surface area contributed by atoms with Gasteiger partial charge in [0, 0.05) is 11.6 Å². The van der Waals surface area contributed by atoms with Gasteiger partial charge in [-0.1, -0.05) is 47.6 Å². The molecule has 2 heterocycles. The van der Waals surface area contributed by atoms with E-state index in [9.17, 15) is 26.0 Å². The van der Waals surface area contributed by atoms with Crippen molar-refractivity contribution in [3.05, 3.63) is 41.5 Å². The number of imidazole rings is 1. The summed E-state index contributed by atoms with van der Waals surface area (Å²) in [5.41, 5.74) is 2.06. The van der Waals surface area contributed by atoms with Crippen LogP contribution in [0.3, 0.4) is 0 Å². The molecule has 2 aromatic heterocycles. The largest absolute Gasteiger partial charge is 0.471 e. The number of hydrogen-bond donors (Lipinski definition) is 0. The molecule has 0 radical (unpaired) electrons. The van der Waals surface area contributed by atoms with Gasteiger partial charge < -0.3 is 4.74 Å². The summed E-state index contributed by atoms with van der Waals surface area (Å²) in [6, 6.07) is 8.38. The Morgan fingerprint density at radius 1 is 0.944 bits per heavy atom. The van der Waals surface area contributed by atoms with E-state index in [0.717, 1.165) is 15.1 Å². The molecule has 3 aromatic rings. The third-order valence-corrected chi connectivity index (χ3v) is 7.37. The van der Waals surface area contributed by atoms with Gasteiger partial charge >= 0.3 is 12.3 Å². The number of fused-ring (bicyclic) bond motifs is 1. The zero-order valence-electron chi connectivity index (χ0n) is 21.4. The second kappa shape index (κ2) is 9.32. The first-order chi connectivity index (χ1) is 16.4. The Balaban J connectivity index is 2.27. The smallest absolute Gasteiger partial charge is 0.340 e. The number of hydrogen-bond acceptors (Lipinski definition) is 5. The molecule has 0 fully saturated rings. The van der Waals surface area contributed by atoms with Crippen molar-refractivity contribution in [2.45, 2.75) is 71.6 Å².